The fourth-order valence-electron chi connectivity index (χ4n) is 4.74. The van der Waals surface area contributed by atoms with E-state index in [1.165, 1.54) is 5.56 Å². The predicted octanol–water partition coefficient (Wildman–Crippen LogP) is 2.84. The summed E-state index contributed by atoms with van der Waals surface area (Å²) in [6.07, 6.45) is 2.19. The zero-order valence-corrected chi connectivity index (χ0v) is 19.2. The van der Waals surface area contributed by atoms with Gasteiger partial charge in [-0.1, -0.05) is 54.3 Å². The van der Waals surface area contributed by atoms with Gasteiger partial charge in [0.1, 0.15) is 11.1 Å². The summed E-state index contributed by atoms with van der Waals surface area (Å²) in [6, 6.07) is 17.6. The fraction of sp³-hybridized carbons (Fsp3) is 0.407. The van der Waals surface area contributed by atoms with Crippen molar-refractivity contribution in [1.82, 2.24) is 15.5 Å². The molecular weight excluding hydrogens is 414 g/mol. The van der Waals surface area contributed by atoms with Gasteiger partial charge in [0, 0.05) is 18.5 Å². The molecule has 0 radical (unpaired) electrons. The molecule has 0 aromatic heterocycles. The number of nitrogens with zero attached hydrogens (tertiary/aromatic N) is 1. The Hall–Kier alpha value is -3.14. The third kappa shape index (κ3) is 5.62. The molecule has 2 fully saturated rings. The van der Waals surface area contributed by atoms with Gasteiger partial charge >= 0.3 is 6.03 Å². The topological polar surface area (TPSA) is 81.7 Å². The normalized spacial score (nSPS) is 21.8. The summed E-state index contributed by atoms with van der Waals surface area (Å²) in [5, 5.41) is 15.2. The van der Waals surface area contributed by atoms with Crippen molar-refractivity contribution in [2.75, 3.05) is 13.1 Å². The van der Waals surface area contributed by atoms with Crippen LogP contribution in [-0.4, -0.2) is 46.2 Å². The van der Waals surface area contributed by atoms with Gasteiger partial charge in [0.25, 0.3) is 5.91 Å². The summed E-state index contributed by atoms with van der Waals surface area (Å²) in [7, 11) is 0. The molecule has 0 saturated carbocycles. The molecule has 33 heavy (non-hydrogen) atoms. The van der Waals surface area contributed by atoms with Gasteiger partial charge in [-0.25, -0.2) is 4.79 Å². The van der Waals surface area contributed by atoms with E-state index in [2.05, 4.69) is 39.5 Å². The monoisotopic (exact) mass is 445 g/mol. The number of carbonyl (C=O) groups is 2. The summed E-state index contributed by atoms with van der Waals surface area (Å²) < 4.78 is 0. The van der Waals surface area contributed by atoms with Crippen LogP contribution in [0.3, 0.4) is 0 Å². The van der Waals surface area contributed by atoms with Crippen molar-refractivity contribution in [2.45, 2.75) is 50.8 Å². The minimum atomic E-state index is -1.00. The highest BCUT2D eigenvalue weighted by atomic mass is 16.3. The van der Waals surface area contributed by atoms with E-state index in [4.69, 9.17) is 0 Å². The number of hydrogen-bond donors (Lipinski definition) is 3. The minimum Gasteiger partial charge on any atom is -0.378 e. The van der Waals surface area contributed by atoms with E-state index in [0.29, 0.717) is 6.42 Å². The van der Waals surface area contributed by atoms with Gasteiger partial charge < -0.3 is 10.4 Å². The molecule has 0 spiro atoms. The van der Waals surface area contributed by atoms with Crippen LogP contribution in [0.2, 0.25) is 0 Å². The Morgan fingerprint density at radius 1 is 1.03 bits per heavy atom. The third-order valence-electron chi connectivity index (χ3n) is 6.45. The highest BCUT2D eigenvalue weighted by Crippen LogP contribution is 2.34. The average Bonchev–Trinajstić information content (AvgIpc) is 3.07. The van der Waals surface area contributed by atoms with Crippen molar-refractivity contribution in [3.05, 3.63) is 71.3 Å². The van der Waals surface area contributed by atoms with Crippen LogP contribution in [0.25, 0.3) is 0 Å². The molecule has 6 nitrogen and oxygen atoms in total. The van der Waals surface area contributed by atoms with Gasteiger partial charge in [-0.15, -0.1) is 0 Å². The zero-order chi connectivity index (χ0) is 23.5. The Morgan fingerprint density at radius 3 is 2.27 bits per heavy atom. The highest BCUT2D eigenvalue weighted by molar-refractivity contribution is 6.07. The van der Waals surface area contributed by atoms with E-state index >= 15 is 0 Å². The number of likely N-dealkylation sites (tertiary alicyclic amines) is 1. The van der Waals surface area contributed by atoms with Crippen molar-refractivity contribution in [1.29, 1.82) is 0 Å². The highest BCUT2D eigenvalue weighted by Gasteiger charge is 2.52. The minimum absolute atomic E-state index is 0.0832. The maximum atomic E-state index is 12.9. The SMILES string of the molecule is CC(C)(O)C#Cc1ccc(CN2CCC(C3(Cc4ccccc4)NC(=O)NC3=O)CC2)cc1. The van der Waals surface area contributed by atoms with E-state index in [9.17, 15) is 14.7 Å². The van der Waals surface area contributed by atoms with Gasteiger partial charge in [0.15, 0.2) is 0 Å². The van der Waals surface area contributed by atoms with Gasteiger partial charge in [-0.2, -0.15) is 0 Å². The second-order valence-electron chi connectivity index (χ2n) is 9.60. The van der Waals surface area contributed by atoms with Crippen LogP contribution in [-0.2, 0) is 17.8 Å². The molecule has 4 rings (SSSR count). The Labute approximate surface area is 195 Å². The lowest BCUT2D eigenvalue weighted by molar-refractivity contribution is -0.126. The van der Waals surface area contributed by atoms with Gasteiger partial charge in [0.05, 0.1) is 0 Å². The lowest BCUT2D eigenvalue weighted by Crippen LogP contribution is -2.57. The average molecular weight is 446 g/mol. The summed E-state index contributed by atoms with van der Waals surface area (Å²) in [5.74, 6) is 5.70. The number of urea groups is 1. The number of piperidine rings is 1. The van der Waals surface area contributed by atoms with Crippen molar-refractivity contribution in [2.24, 2.45) is 5.92 Å². The summed E-state index contributed by atoms with van der Waals surface area (Å²) >= 11 is 0. The standard InChI is InChI=1S/C27H31N3O3/c1-26(2,33)15-12-20-8-10-22(11-9-20)19-30-16-13-23(14-17-30)27(24(31)28-25(32)29-27)18-21-6-4-3-5-7-21/h3-11,23,33H,13-14,16-19H2,1-2H3,(H2,28,29,31,32). The Morgan fingerprint density at radius 2 is 1.70 bits per heavy atom. The van der Waals surface area contributed by atoms with Crippen LogP contribution in [0.1, 0.15) is 43.4 Å². The number of hydrogen-bond acceptors (Lipinski definition) is 4. The third-order valence-corrected chi connectivity index (χ3v) is 6.45. The maximum absolute atomic E-state index is 12.9. The molecule has 0 bridgehead atoms. The second-order valence-corrected chi connectivity index (χ2v) is 9.60. The molecule has 2 saturated heterocycles. The van der Waals surface area contributed by atoms with Crippen molar-refractivity contribution >= 4 is 11.9 Å². The van der Waals surface area contributed by atoms with Gasteiger partial charge in [-0.3, -0.25) is 15.0 Å². The zero-order valence-electron chi connectivity index (χ0n) is 19.2. The molecule has 6 heteroatoms. The maximum Gasteiger partial charge on any atom is 0.322 e. The van der Waals surface area contributed by atoms with E-state index in [1.807, 2.05) is 42.5 Å². The molecule has 1 unspecified atom stereocenters. The number of aliphatic hydroxyl groups is 1. The molecule has 2 aliphatic rings. The van der Waals surface area contributed by atoms with E-state index < -0.39 is 17.2 Å². The van der Waals surface area contributed by atoms with Crippen LogP contribution in [0.4, 0.5) is 4.79 Å². The van der Waals surface area contributed by atoms with E-state index in [0.717, 1.165) is 43.6 Å². The Bertz CT molecular complexity index is 1060. The van der Waals surface area contributed by atoms with Crippen molar-refractivity contribution in [3.8, 4) is 11.8 Å². The number of imide groups is 1. The molecule has 2 aromatic rings. The van der Waals surface area contributed by atoms with Gasteiger partial charge in [-0.05, 0) is 69.0 Å². The number of benzene rings is 2. The molecule has 3 N–H and O–H groups in total. The van der Waals surface area contributed by atoms with Crippen LogP contribution in [0.5, 0.6) is 0 Å². The first-order valence-electron chi connectivity index (χ1n) is 11.5. The number of carbonyl (C=O) groups excluding carboxylic acids is 2. The Kier molecular flexibility index (Phi) is 6.55. The van der Waals surface area contributed by atoms with E-state index in [-0.39, 0.29) is 11.8 Å². The lowest BCUT2D eigenvalue weighted by Gasteiger charge is -2.40. The van der Waals surface area contributed by atoms with Gasteiger partial charge in [0.2, 0.25) is 0 Å². The summed E-state index contributed by atoms with van der Waals surface area (Å²) in [6.45, 7) is 5.90. The summed E-state index contributed by atoms with van der Waals surface area (Å²) in [4.78, 5) is 27.3. The largest absolute Gasteiger partial charge is 0.378 e. The Balaban J connectivity index is 1.39. The smallest absolute Gasteiger partial charge is 0.322 e. The quantitative estimate of drug-likeness (QED) is 0.488. The molecule has 2 aliphatic heterocycles. The molecule has 0 aliphatic carbocycles. The molecule has 2 heterocycles. The van der Waals surface area contributed by atoms with Crippen molar-refractivity contribution in [3.63, 3.8) is 0 Å². The molecular formula is C27H31N3O3. The summed E-state index contributed by atoms with van der Waals surface area (Å²) in [5.41, 5.74) is 1.24. The lowest BCUT2D eigenvalue weighted by atomic mass is 9.74. The number of nitrogens with one attached hydrogen (secondary N) is 2. The van der Waals surface area contributed by atoms with E-state index in [1.54, 1.807) is 13.8 Å². The number of amides is 3. The second kappa shape index (κ2) is 9.38. The molecule has 3 amide bonds. The van der Waals surface area contributed by atoms with Crippen LogP contribution < -0.4 is 10.6 Å². The number of rotatable bonds is 5. The predicted molar refractivity (Wildman–Crippen MR) is 127 cm³/mol. The molecule has 172 valence electrons. The molecule has 2 aromatic carbocycles. The van der Waals surface area contributed by atoms with Crippen molar-refractivity contribution < 1.29 is 14.7 Å². The van der Waals surface area contributed by atoms with Crippen LogP contribution >= 0.6 is 0 Å². The first kappa shape index (κ1) is 23.0. The first-order chi connectivity index (χ1) is 15.7. The molecule has 1 atom stereocenters. The van der Waals surface area contributed by atoms with Crippen LogP contribution in [0, 0.1) is 17.8 Å². The van der Waals surface area contributed by atoms with Crippen LogP contribution in [0.15, 0.2) is 54.6 Å². The fourth-order valence-corrected chi connectivity index (χ4v) is 4.74. The first-order valence-corrected chi connectivity index (χ1v) is 11.5.